The number of carbonyl (C=O) groups is 1. The number of anilines is 1. The van der Waals surface area contributed by atoms with Crippen LogP contribution in [0.15, 0.2) is 66.9 Å². The van der Waals surface area contributed by atoms with Crippen LogP contribution in [0.4, 0.5) is 41.2 Å². The van der Waals surface area contributed by atoms with Gasteiger partial charge in [0.05, 0.1) is 36.4 Å². The van der Waals surface area contributed by atoms with E-state index in [1.54, 1.807) is 41.7 Å². The lowest BCUT2D eigenvalue weighted by Crippen LogP contribution is -2.54. The second-order valence-corrected chi connectivity index (χ2v) is 9.22. The normalized spacial score (nSPS) is 15.8. The van der Waals surface area contributed by atoms with Crippen LogP contribution in [0.2, 0.25) is 0 Å². The van der Waals surface area contributed by atoms with Crippen LogP contribution >= 0.6 is 0 Å². The molecule has 0 saturated carbocycles. The van der Waals surface area contributed by atoms with Gasteiger partial charge in [-0.15, -0.1) is 0 Å². The number of pyridine rings is 1. The van der Waals surface area contributed by atoms with Crippen molar-refractivity contribution in [2.75, 3.05) is 37.7 Å². The standard InChI is InChI=1S/C27H25F7N4O2/c28-21-13-19(12-20(14-21)27(32,33)34)25(15-18-4-2-1-3-5-18,37-24(39)36-17-26(29,30)31)23-7-6-22(16-35-23)38-8-10-40-11-9-38/h1-7,12-14,16H,8-11,15,17H2,(H2,36,37,39). The number of rotatable bonds is 7. The number of carbonyl (C=O) groups excluding carboxylic acids is 1. The van der Waals surface area contributed by atoms with Crippen LogP contribution in [0.5, 0.6) is 0 Å². The predicted molar refractivity (Wildman–Crippen MR) is 132 cm³/mol. The molecule has 40 heavy (non-hydrogen) atoms. The first-order valence-corrected chi connectivity index (χ1v) is 12.2. The minimum absolute atomic E-state index is 0.00533. The molecule has 2 N–H and O–H groups in total. The summed E-state index contributed by atoms with van der Waals surface area (Å²) in [5, 5.41) is 4.09. The molecule has 0 spiro atoms. The van der Waals surface area contributed by atoms with Gasteiger partial charge >= 0.3 is 18.4 Å². The summed E-state index contributed by atoms with van der Waals surface area (Å²) in [6.45, 7) is 0.384. The van der Waals surface area contributed by atoms with E-state index in [4.69, 9.17) is 4.74 Å². The largest absolute Gasteiger partial charge is 0.416 e. The molecule has 2 aromatic carbocycles. The predicted octanol–water partition coefficient (Wildman–Crippen LogP) is 5.42. The number of ether oxygens (including phenoxy) is 1. The summed E-state index contributed by atoms with van der Waals surface area (Å²) in [6.07, 6.45) is -8.50. The Labute approximate surface area is 225 Å². The number of hydrogen-bond acceptors (Lipinski definition) is 4. The summed E-state index contributed by atoms with van der Waals surface area (Å²) in [4.78, 5) is 19.2. The molecule has 1 aromatic heterocycles. The fourth-order valence-electron chi connectivity index (χ4n) is 4.49. The lowest BCUT2D eigenvalue weighted by Gasteiger charge is -2.36. The molecule has 0 aliphatic carbocycles. The first-order chi connectivity index (χ1) is 18.9. The van der Waals surface area contributed by atoms with Gasteiger partial charge in [0, 0.05) is 19.5 Å². The van der Waals surface area contributed by atoms with E-state index in [9.17, 15) is 35.5 Å². The Morgan fingerprint density at radius 1 is 0.925 bits per heavy atom. The first kappa shape index (κ1) is 29.1. The minimum atomic E-state index is -4.94. The van der Waals surface area contributed by atoms with E-state index in [-0.39, 0.29) is 17.7 Å². The number of benzene rings is 2. The molecule has 13 heteroatoms. The Morgan fingerprint density at radius 3 is 2.20 bits per heavy atom. The summed E-state index contributed by atoms with van der Waals surface area (Å²) in [7, 11) is 0. The third-order valence-electron chi connectivity index (χ3n) is 6.37. The summed E-state index contributed by atoms with van der Waals surface area (Å²) in [5.41, 5.74) is -2.52. The molecule has 0 bridgehead atoms. The highest BCUT2D eigenvalue weighted by Crippen LogP contribution is 2.38. The molecule has 1 saturated heterocycles. The number of amides is 2. The average molecular weight is 571 g/mol. The van der Waals surface area contributed by atoms with E-state index in [1.807, 2.05) is 4.90 Å². The Kier molecular flexibility index (Phi) is 8.52. The zero-order valence-corrected chi connectivity index (χ0v) is 21.0. The van der Waals surface area contributed by atoms with Gasteiger partial charge in [-0.3, -0.25) is 4.98 Å². The van der Waals surface area contributed by atoms with E-state index < -0.39 is 41.8 Å². The molecule has 1 aliphatic rings. The maximum atomic E-state index is 14.7. The smallest absolute Gasteiger partial charge is 0.378 e. The molecule has 1 atom stereocenters. The molecule has 4 rings (SSSR count). The molecule has 1 unspecified atom stereocenters. The van der Waals surface area contributed by atoms with Crippen molar-refractivity contribution < 1.29 is 40.3 Å². The minimum Gasteiger partial charge on any atom is -0.378 e. The van der Waals surface area contributed by atoms with E-state index in [0.29, 0.717) is 49.7 Å². The van der Waals surface area contributed by atoms with Crippen molar-refractivity contribution in [1.29, 1.82) is 0 Å². The average Bonchev–Trinajstić information content (AvgIpc) is 2.91. The van der Waals surface area contributed by atoms with Crippen LogP contribution in [-0.2, 0) is 22.9 Å². The van der Waals surface area contributed by atoms with Gasteiger partial charge < -0.3 is 20.3 Å². The number of alkyl halides is 6. The SMILES string of the molecule is O=C(NCC(F)(F)F)NC(Cc1ccccc1)(c1cc(F)cc(C(F)(F)F)c1)c1ccc(N2CCOCC2)cn1. The highest BCUT2D eigenvalue weighted by Gasteiger charge is 2.41. The van der Waals surface area contributed by atoms with Crippen molar-refractivity contribution in [2.24, 2.45) is 0 Å². The number of halogens is 7. The maximum absolute atomic E-state index is 14.7. The fraction of sp³-hybridized carbons (Fsp3) is 0.333. The van der Waals surface area contributed by atoms with Crippen LogP contribution in [0.3, 0.4) is 0 Å². The van der Waals surface area contributed by atoms with Crippen molar-refractivity contribution in [3.8, 4) is 0 Å². The number of morpholine rings is 1. The van der Waals surface area contributed by atoms with E-state index in [1.165, 1.54) is 12.3 Å². The fourth-order valence-corrected chi connectivity index (χ4v) is 4.49. The van der Waals surface area contributed by atoms with Crippen molar-refractivity contribution >= 4 is 11.7 Å². The third-order valence-corrected chi connectivity index (χ3v) is 6.37. The number of aromatic nitrogens is 1. The Balaban J connectivity index is 1.87. The Morgan fingerprint density at radius 2 is 1.60 bits per heavy atom. The number of urea groups is 1. The monoisotopic (exact) mass is 570 g/mol. The molecule has 6 nitrogen and oxygen atoms in total. The quantitative estimate of drug-likeness (QED) is 0.373. The zero-order chi connectivity index (χ0) is 29.0. The molecule has 2 amide bonds. The van der Waals surface area contributed by atoms with E-state index >= 15 is 0 Å². The second kappa shape index (κ2) is 11.7. The van der Waals surface area contributed by atoms with Crippen molar-refractivity contribution in [3.05, 3.63) is 95.1 Å². The van der Waals surface area contributed by atoms with Crippen LogP contribution in [0.25, 0.3) is 0 Å². The van der Waals surface area contributed by atoms with Crippen LogP contribution in [0, 0.1) is 5.82 Å². The highest BCUT2D eigenvalue weighted by molar-refractivity contribution is 5.76. The van der Waals surface area contributed by atoms with Gasteiger partial charge in [0.25, 0.3) is 0 Å². The molecule has 0 radical (unpaired) electrons. The number of nitrogens with one attached hydrogen (secondary N) is 2. The molecule has 2 heterocycles. The number of hydrogen-bond donors (Lipinski definition) is 2. The van der Waals surface area contributed by atoms with Gasteiger partial charge in [-0.05, 0) is 41.5 Å². The van der Waals surface area contributed by atoms with Crippen molar-refractivity contribution in [1.82, 2.24) is 15.6 Å². The van der Waals surface area contributed by atoms with Crippen molar-refractivity contribution in [3.63, 3.8) is 0 Å². The van der Waals surface area contributed by atoms with Gasteiger partial charge in [0.15, 0.2) is 0 Å². The van der Waals surface area contributed by atoms with Crippen molar-refractivity contribution in [2.45, 2.75) is 24.3 Å². The molecule has 214 valence electrons. The zero-order valence-electron chi connectivity index (χ0n) is 21.0. The van der Waals surface area contributed by atoms with Crippen LogP contribution in [-0.4, -0.2) is 50.0 Å². The van der Waals surface area contributed by atoms with Crippen LogP contribution in [0.1, 0.15) is 22.4 Å². The summed E-state index contributed by atoms with van der Waals surface area (Å²) in [6, 6.07) is 11.7. The Hall–Kier alpha value is -3.87. The first-order valence-electron chi connectivity index (χ1n) is 12.2. The van der Waals surface area contributed by atoms with E-state index in [2.05, 4.69) is 10.3 Å². The molecule has 1 aliphatic heterocycles. The number of nitrogens with zero attached hydrogens (tertiary/aromatic N) is 2. The van der Waals surface area contributed by atoms with Gasteiger partial charge in [-0.2, -0.15) is 26.3 Å². The maximum Gasteiger partial charge on any atom is 0.416 e. The summed E-state index contributed by atoms with van der Waals surface area (Å²) in [5.74, 6) is -1.25. The Bertz CT molecular complexity index is 1290. The second-order valence-electron chi connectivity index (χ2n) is 9.22. The summed E-state index contributed by atoms with van der Waals surface area (Å²) >= 11 is 0. The summed E-state index contributed by atoms with van der Waals surface area (Å²) < 4.78 is 99.7. The highest BCUT2D eigenvalue weighted by atomic mass is 19.4. The lowest BCUT2D eigenvalue weighted by molar-refractivity contribution is -0.137. The van der Waals surface area contributed by atoms with Gasteiger partial charge in [0.2, 0.25) is 0 Å². The molecular formula is C27H25F7N4O2. The van der Waals surface area contributed by atoms with Crippen LogP contribution < -0.4 is 15.5 Å². The molecule has 3 aromatic rings. The van der Waals surface area contributed by atoms with Gasteiger partial charge in [-0.1, -0.05) is 30.3 Å². The molecular weight excluding hydrogens is 545 g/mol. The lowest BCUT2D eigenvalue weighted by atomic mass is 9.79. The van der Waals surface area contributed by atoms with Gasteiger partial charge in [-0.25, -0.2) is 9.18 Å². The molecule has 1 fully saturated rings. The topological polar surface area (TPSA) is 66.5 Å². The van der Waals surface area contributed by atoms with E-state index in [0.717, 1.165) is 6.07 Å². The van der Waals surface area contributed by atoms with Gasteiger partial charge in [0.1, 0.15) is 17.9 Å². The third kappa shape index (κ3) is 7.20.